The Hall–Kier alpha value is -2.83. The number of benzene rings is 1. The molecule has 2 unspecified atom stereocenters. The van der Waals surface area contributed by atoms with E-state index in [4.69, 9.17) is 0 Å². The van der Waals surface area contributed by atoms with Crippen LogP contribution in [0, 0.1) is 25.6 Å². The van der Waals surface area contributed by atoms with Crippen molar-refractivity contribution in [3.63, 3.8) is 0 Å². The second kappa shape index (κ2) is 6.51. The fourth-order valence-electron chi connectivity index (χ4n) is 2.21. The van der Waals surface area contributed by atoms with Gasteiger partial charge in [-0.05, 0) is 25.0 Å². The minimum atomic E-state index is -0.440. The number of nitrogens with zero attached hydrogens (tertiary/aromatic N) is 3. The summed E-state index contributed by atoms with van der Waals surface area (Å²) in [6.45, 7) is 3.84. The fourth-order valence-corrected chi connectivity index (χ4v) is 2.21. The SMILES string of the molecule is CC(N=CC1(C)C=CC([N+](=O)[O-])=CC1)c1ccc([N+](=O)[O-])cc1. The lowest BCUT2D eigenvalue weighted by atomic mass is 9.84. The summed E-state index contributed by atoms with van der Waals surface area (Å²) in [5.74, 6) is 0. The molecule has 23 heavy (non-hydrogen) atoms. The second-order valence-electron chi connectivity index (χ2n) is 5.73. The quantitative estimate of drug-likeness (QED) is 0.468. The molecule has 2 rings (SSSR count). The van der Waals surface area contributed by atoms with Crippen LogP contribution in [0.1, 0.15) is 31.9 Å². The number of non-ortho nitro benzene ring substituents is 1. The molecule has 2 atom stereocenters. The Morgan fingerprint density at radius 3 is 2.35 bits per heavy atom. The van der Waals surface area contributed by atoms with Crippen molar-refractivity contribution in [2.24, 2.45) is 10.4 Å². The van der Waals surface area contributed by atoms with E-state index in [1.165, 1.54) is 18.2 Å². The molecule has 7 heteroatoms. The number of nitro groups is 2. The molecular weight excluding hydrogens is 298 g/mol. The molecule has 1 aromatic rings. The molecule has 0 fully saturated rings. The third kappa shape index (κ3) is 4.09. The van der Waals surface area contributed by atoms with Crippen LogP contribution in [0.3, 0.4) is 0 Å². The van der Waals surface area contributed by atoms with Gasteiger partial charge in [-0.25, -0.2) is 0 Å². The summed E-state index contributed by atoms with van der Waals surface area (Å²) in [5, 5.41) is 21.3. The first kappa shape index (κ1) is 16.5. The van der Waals surface area contributed by atoms with Crippen LogP contribution in [0.25, 0.3) is 0 Å². The van der Waals surface area contributed by atoms with Crippen LogP contribution < -0.4 is 0 Å². The molecule has 0 radical (unpaired) electrons. The van der Waals surface area contributed by atoms with Crippen molar-refractivity contribution >= 4 is 11.9 Å². The van der Waals surface area contributed by atoms with Gasteiger partial charge in [0.1, 0.15) is 0 Å². The Bertz CT molecular complexity index is 707. The van der Waals surface area contributed by atoms with Crippen LogP contribution in [-0.2, 0) is 0 Å². The number of hydrogen-bond donors (Lipinski definition) is 0. The van der Waals surface area contributed by atoms with Crippen LogP contribution in [0.15, 0.2) is 53.2 Å². The van der Waals surface area contributed by atoms with Crippen LogP contribution in [0.4, 0.5) is 5.69 Å². The van der Waals surface area contributed by atoms with Gasteiger partial charge in [-0.3, -0.25) is 25.2 Å². The first-order chi connectivity index (χ1) is 10.8. The standard InChI is InChI=1S/C16H17N3O4/c1-12(13-3-5-14(6-4-13)18(20)21)17-11-16(2)9-7-15(8-10-16)19(22)23/h3-9,11-12H,10H2,1-2H3. The summed E-state index contributed by atoms with van der Waals surface area (Å²) in [4.78, 5) is 25.0. The Kier molecular flexibility index (Phi) is 4.68. The van der Waals surface area contributed by atoms with Crippen LogP contribution in [-0.4, -0.2) is 16.1 Å². The smallest absolute Gasteiger partial charge is 0.269 e. The van der Waals surface area contributed by atoms with Gasteiger partial charge in [-0.2, -0.15) is 0 Å². The normalized spacial score (nSPS) is 21.9. The van der Waals surface area contributed by atoms with Crippen LogP contribution in [0.5, 0.6) is 0 Å². The largest absolute Gasteiger partial charge is 0.289 e. The zero-order chi connectivity index (χ0) is 17.0. The maximum atomic E-state index is 10.7. The molecule has 0 N–H and O–H groups in total. The van der Waals surface area contributed by atoms with E-state index in [-0.39, 0.29) is 22.8 Å². The van der Waals surface area contributed by atoms with Gasteiger partial charge in [0.2, 0.25) is 0 Å². The van der Waals surface area contributed by atoms with Gasteiger partial charge in [0.25, 0.3) is 11.4 Å². The van der Waals surface area contributed by atoms with E-state index in [9.17, 15) is 20.2 Å². The van der Waals surface area contributed by atoms with Gasteiger partial charge in [-0.1, -0.05) is 25.1 Å². The van der Waals surface area contributed by atoms with Crippen molar-refractivity contribution in [2.45, 2.75) is 26.3 Å². The van der Waals surface area contributed by atoms with Gasteiger partial charge in [0.15, 0.2) is 0 Å². The lowest BCUT2D eigenvalue weighted by Gasteiger charge is -2.22. The summed E-state index contributed by atoms with van der Waals surface area (Å²) in [6.07, 6.45) is 7.14. The van der Waals surface area contributed by atoms with E-state index in [2.05, 4.69) is 4.99 Å². The maximum Gasteiger partial charge on any atom is 0.269 e. The zero-order valence-electron chi connectivity index (χ0n) is 12.9. The molecule has 0 saturated heterocycles. The third-order valence-corrected chi connectivity index (χ3v) is 3.78. The van der Waals surface area contributed by atoms with Gasteiger partial charge >= 0.3 is 0 Å². The van der Waals surface area contributed by atoms with Crippen LogP contribution >= 0.6 is 0 Å². The lowest BCUT2D eigenvalue weighted by molar-refractivity contribution is -0.419. The minimum Gasteiger partial charge on any atom is -0.289 e. The second-order valence-corrected chi connectivity index (χ2v) is 5.73. The number of aliphatic imine (C=N–C) groups is 1. The van der Waals surface area contributed by atoms with Gasteiger partial charge in [-0.15, -0.1) is 0 Å². The Balaban J connectivity index is 2.06. The predicted molar refractivity (Wildman–Crippen MR) is 86.9 cm³/mol. The van der Waals surface area contributed by atoms with E-state index in [0.29, 0.717) is 6.42 Å². The molecule has 120 valence electrons. The van der Waals surface area contributed by atoms with Crippen molar-refractivity contribution in [3.05, 3.63) is 74.0 Å². The molecule has 7 nitrogen and oxygen atoms in total. The highest BCUT2D eigenvalue weighted by Gasteiger charge is 2.24. The molecular formula is C16H17N3O4. The van der Waals surface area contributed by atoms with Crippen molar-refractivity contribution in [3.8, 4) is 0 Å². The van der Waals surface area contributed by atoms with Crippen molar-refractivity contribution in [1.82, 2.24) is 0 Å². The lowest BCUT2D eigenvalue weighted by Crippen LogP contribution is -2.18. The highest BCUT2D eigenvalue weighted by atomic mass is 16.6. The maximum absolute atomic E-state index is 10.7. The topological polar surface area (TPSA) is 98.6 Å². The first-order valence-corrected chi connectivity index (χ1v) is 7.13. The average molecular weight is 315 g/mol. The molecule has 0 bridgehead atoms. The first-order valence-electron chi connectivity index (χ1n) is 7.13. The monoisotopic (exact) mass is 315 g/mol. The number of nitro benzene ring substituents is 1. The Morgan fingerprint density at radius 1 is 1.22 bits per heavy atom. The molecule has 0 amide bonds. The Labute approximate surface area is 133 Å². The van der Waals surface area contributed by atoms with E-state index in [1.54, 1.807) is 30.5 Å². The van der Waals surface area contributed by atoms with E-state index >= 15 is 0 Å². The summed E-state index contributed by atoms with van der Waals surface area (Å²) in [6, 6.07) is 6.13. The van der Waals surface area contributed by atoms with Crippen molar-refractivity contribution in [1.29, 1.82) is 0 Å². The molecule has 0 saturated carbocycles. The fraction of sp³-hybridized carbons (Fsp3) is 0.312. The predicted octanol–water partition coefficient (Wildman–Crippen LogP) is 3.85. The van der Waals surface area contributed by atoms with E-state index in [1.807, 2.05) is 13.8 Å². The molecule has 1 aliphatic rings. The van der Waals surface area contributed by atoms with Gasteiger partial charge in [0.05, 0.1) is 15.9 Å². The molecule has 1 aliphatic carbocycles. The van der Waals surface area contributed by atoms with Crippen LogP contribution in [0.2, 0.25) is 0 Å². The summed E-state index contributed by atoms with van der Waals surface area (Å²) < 4.78 is 0. The molecule has 1 aromatic carbocycles. The zero-order valence-corrected chi connectivity index (χ0v) is 12.9. The summed E-state index contributed by atoms with van der Waals surface area (Å²) in [5.41, 5.74) is 0.648. The summed E-state index contributed by atoms with van der Waals surface area (Å²) >= 11 is 0. The third-order valence-electron chi connectivity index (χ3n) is 3.78. The number of allylic oxidation sites excluding steroid dienone is 3. The highest BCUT2D eigenvalue weighted by molar-refractivity contribution is 5.69. The van der Waals surface area contributed by atoms with E-state index in [0.717, 1.165) is 5.56 Å². The minimum absolute atomic E-state index is 0.0459. The highest BCUT2D eigenvalue weighted by Crippen LogP contribution is 2.29. The van der Waals surface area contributed by atoms with Gasteiger partial charge < -0.3 is 0 Å². The average Bonchev–Trinajstić information content (AvgIpc) is 2.53. The molecule has 0 aromatic heterocycles. The van der Waals surface area contributed by atoms with E-state index < -0.39 is 9.85 Å². The van der Waals surface area contributed by atoms with Crippen molar-refractivity contribution < 1.29 is 9.85 Å². The van der Waals surface area contributed by atoms with Crippen molar-refractivity contribution in [2.75, 3.05) is 0 Å². The van der Waals surface area contributed by atoms with Gasteiger partial charge in [0, 0.05) is 29.8 Å². The molecule has 0 aliphatic heterocycles. The Morgan fingerprint density at radius 2 is 1.87 bits per heavy atom. The molecule has 0 spiro atoms. The summed E-state index contributed by atoms with van der Waals surface area (Å²) in [7, 11) is 0. The number of rotatable bonds is 5. The number of hydrogen-bond acceptors (Lipinski definition) is 5. The molecule has 0 heterocycles.